The van der Waals surface area contributed by atoms with E-state index in [1.54, 1.807) is 24.6 Å². The zero-order valence-electron chi connectivity index (χ0n) is 14.8. The number of thiazole rings is 1. The molecule has 1 N–H and O–H groups in total. The summed E-state index contributed by atoms with van der Waals surface area (Å²) in [6.45, 7) is 1.27. The Balaban J connectivity index is 1.59. The Labute approximate surface area is 160 Å². The topological polar surface area (TPSA) is 60.5 Å². The standard InChI is InChI=1S/C20H19FN2O3S/c1-25-9-10-26-17-7-5-15(6-8-17)20-23-18(13-27-20)19(24)22-12-14-3-2-4-16(21)11-14/h2-8,11,13H,9-10,12H2,1H3,(H,22,24). The summed E-state index contributed by atoms with van der Waals surface area (Å²) in [7, 11) is 1.63. The quantitative estimate of drug-likeness (QED) is 0.597. The highest BCUT2D eigenvalue weighted by Gasteiger charge is 2.12. The van der Waals surface area contributed by atoms with Gasteiger partial charge in [0, 0.05) is 24.6 Å². The van der Waals surface area contributed by atoms with Gasteiger partial charge in [-0.3, -0.25) is 4.79 Å². The van der Waals surface area contributed by atoms with Gasteiger partial charge in [0.25, 0.3) is 5.91 Å². The average molecular weight is 386 g/mol. The number of ether oxygens (including phenoxy) is 2. The fourth-order valence-electron chi connectivity index (χ4n) is 2.37. The Bertz CT molecular complexity index is 896. The SMILES string of the molecule is COCCOc1ccc(-c2nc(C(=O)NCc3cccc(F)c3)cs2)cc1. The first-order valence-corrected chi connectivity index (χ1v) is 9.24. The summed E-state index contributed by atoms with van der Waals surface area (Å²) >= 11 is 1.39. The van der Waals surface area contributed by atoms with E-state index in [1.807, 2.05) is 24.3 Å². The van der Waals surface area contributed by atoms with Crippen molar-refractivity contribution >= 4 is 17.2 Å². The number of rotatable bonds is 8. The Morgan fingerprint density at radius 1 is 1.19 bits per heavy atom. The van der Waals surface area contributed by atoms with Gasteiger partial charge in [-0.1, -0.05) is 12.1 Å². The molecule has 3 rings (SSSR count). The summed E-state index contributed by atoms with van der Waals surface area (Å²) in [5.74, 6) is 0.133. The second kappa shape index (κ2) is 9.25. The van der Waals surface area contributed by atoms with Crippen LogP contribution in [0.5, 0.6) is 5.75 Å². The first kappa shape index (κ1) is 19.0. The van der Waals surface area contributed by atoms with E-state index in [4.69, 9.17) is 9.47 Å². The molecule has 1 amide bonds. The minimum Gasteiger partial charge on any atom is -0.491 e. The lowest BCUT2D eigenvalue weighted by Crippen LogP contribution is -2.23. The van der Waals surface area contributed by atoms with Crippen LogP contribution in [0, 0.1) is 5.82 Å². The molecule has 0 spiro atoms. The maximum atomic E-state index is 13.2. The van der Waals surface area contributed by atoms with Crippen molar-refractivity contribution in [3.8, 4) is 16.3 Å². The van der Waals surface area contributed by atoms with Crippen LogP contribution >= 0.6 is 11.3 Å². The number of hydrogen-bond acceptors (Lipinski definition) is 5. The molecule has 3 aromatic rings. The lowest BCUT2D eigenvalue weighted by atomic mass is 10.2. The van der Waals surface area contributed by atoms with E-state index < -0.39 is 0 Å². The van der Waals surface area contributed by atoms with Gasteiger partial charge >= 0.3 is 0 Å². The third-order valence-corrected chi connectivity index (χ3v) is 4.63. The van der Waals surface area contributed by atoms with Crippen molar-refractivity contribution in [1.82, 2.24) is 10.3 Å². The zero-order chi connectivity index (χ0) is 19.1. The van der Waals surface area contributed by atoms with Crippen LogP contribution in [0.4, 0.5) is 4.39 Å². The molecule has 7 heteroatoms. The zero-order valence-corrected chi connectivity index (χ0v) is 15.6. The molecule has 0 unspecified atom stereocenters. The number of benzene rings is 2. The van der Waals surface area contributed by atoms with Crippen molar-refractivity contribution in [3.63, 3.8) is 0 Å². The Kier molecular flexibility index (Phi) is 6.51. The Morgan fingerprint density at radius 2 is 2.00 bits per heavy atom. The molecule has 0 aliphatic rings. The fraction of sp³-hybridized carbons (Fsp3) is 0.200. The summed E-state index contributed by atoms with van der Waals surface area (Å²) in [5.41, 5.74) is 1.94. The number of methoxy groups -OCH3 is 1. The van der Waals surface area contributed by atoms with Crippen molar-refractivity contribution in [2.45, 2.75) is 6.54 Å². The van der Waals surface area contributed by atoms with Crippen LogP contribution in [-0.2, 0) is 11.3 Å². The van der Waals surface area contributed by atoms with Crippen LogP contribution in [0.3, 0.4) is 0 Å². The van der Waals surface area contributed by atoms with Gasteiger partial charge in [-0.25, -0.2) is 9.37 Å². The molecular weight excluding hydrogens is 367 g/mol. The number of carbonyl (C=O) groups excluding carboxylic acids is 1. The molecule has 0 fully saturated rings. The molecule has 1 heterocycles. The summed E-state index contributed by atoms with van der Waals surface area (Å²) < 4.78 is 23.7. The molecular formula is C20H19FN2O3S. The molecule has 140 valence electrons. The van der Waals surface area contributed by atoms with Gasteiger partial charge in [0.15, 0.2) is 0 Å². The van der Waals surface area contributed by atoms with Gasteiger partial charge in [-0.2, -0.15) is 0 Å². The lowest BCUT2D eigenvalue weighted by Gasteiger charge is -2.05. The molecule has 0 saturated carbocycles. The van der Waals surface area contributed by atoms with E-state index in [0.717, 1.165) is 16.3 Å². The molecule has 5 nitrogen and oxygen atoms in total. The Hall–Kier alpha value is -2.77. The second-order valence-corrected chi connectivity index (χ2v) is 6.57. The summed E-state index contributed by atoms with van der Waals surface area (Å²) in [4.78, 5) is 16.6. The maximum Gasteiger partial charge on any atom is 0.271 e. The number of aromatic nitrogens is 1. The summed E-state index contributed by atoms with van der Waals surface area (Å²) in [6, 6.07) is 13.6. The first-order valence-electron chi connectivity index (χ1n) is 8.36. The van der Waals surface area contributed by atoms with Gasteiger partial charge in [0.05, 0.1) is 6.61 Å². The van der Waals surface area contributed by atoms with E-state index >= 15 is 0 Å². The number of carbonyl (C=O) groups is 1. The van der Waals surface area contributed by atoms with Gasteiger partial charge in [-0.15, -0.1) is 11.3 Å². The average Bonchev–Trinajstić information content (AvgIpc) is 3.17. The maximum absolute atomic E-state index is 13.2. The predicted octanol–water partition coefficient (Wildman–Crippen LogP) is 3.90. The molecule has 27 heavy (non-hydrogen) atoms. The predicted molar refractivity (Wildman–Crippen MR) is 102 cm³/mol. The highest BCUT2D eigenvalue weighted by molar-refractivity contribution is 7.13. The van der Waals surface area contributed by atoms with Crippen LogP contribution in [0.1, 0.15) is 16.1 Å². The minimum atomic E-state index is -0.327. The molecule has 0 saturated heterocycles. The summed E-state index contributed by atoms with van der Waals surface area (Å²) in [5, 5.41) is 5.20. The van der Waals surface area contributed by atoms with Crippen LogP contribution in [0.15, 0.2) is 53.9 Å². The van der Waals surface area contributed by atoms with E-state index in [2.05, 4.69) is 10.3 Å². The van der Waals surface area contributed by atoms with Gasteiger partial charge < -0.3 is 14.8 Å². The molecule has 2 aromatic carbocycles. The number of hydrogen-bond donors (Lipinski definition) is 1. The normalized spacial score (nSPS) is 10.6. The Morgan fingerprint density at radius 3 is 2.74 bits per heavy atom. The largest absolute Gasteiger partial charge is 0.491 e. The van der Waals surface area contributed by atoms with Crippen molar-refractivity contribution < 1.29 is 18.7 Å². The van der Waals surface area contributed by atoms with Crippen molar-refractivity contribution in [2.75, 3.05) is 20.3 Å². The van der Waals surface area contributed by atoms with Gasteiger partial charge in [-0.05, 0) is 42.0 Å². The second-order valence-electron chi connectivity index (χ2n) is 5.72. The molecule has 0 radical (unpaired) electrons. The van der Waals surface area contributed by atoms with Crippen molar-refractivity contribution in [1.29, 1.82) is 0 Å². The van der Waals surface area contributed by atoms with Crippen LogP contribution in [0.25, 0.3) is 10.6 Å². The molecule has 0 atom stereocenters. The van der Waals surface area contributed by atoms with Crippen LogP contribution < -0.4 is 10.1 Å². The number of nitrogens with zero attached hydrogens (tertiary/aromatic N) is 1. The number of amides is 1. The molecule has 0 aliphatic carbocycles. The molecule has 1 aromatic heterocycles. The van der Waals surface area contributed by atoms with Gasteiger partial charge in [0.2, 0.25) is 0 Å². The number of nitrogens with one attached hydrogen (secondary N) is 1. The van der Waals surface area contributed by atoms with Gasteiger partial charge in [0.1, 0.15) is 28.9 Å². The van der Waals surface area contributed by atoms with E-state index in [9.17, 15) is 9.18 Å². The van der Waals surface area contributed by atoms with Crippen LogP contribution in [-0.4, -0.2) is 31.2 Å². The molecule has 0 aliphatic heterocycles. The lowest BCUT2D eigenvalue weighted by molar-refractivity contribution is 0.0946. The van der Waals surface area contributed by atoms with E-state index in [1.165, 1.54) is 23.5 Å². The number of halogens is 1. The highest BCUT2D eigenvalue weighted by Crippen LogP contribution is 2.25. The van der Waals surface area contributed by atoms with Crippen LogP contribution in [0.2, 0.25) is 0 Å². The monoisotopic (exact) mass is 386 g/mol. The first-order chi connectivity index (χ1) is 13.2. The van der Waals surface area contributed by atoms with Crippen molar-refractivity contribution in [3.05, 3.63) is 71.0 Å². The third kappa shape index (κ3) is 5.35. The molecule has 0 bridgehead atoms. The minimum absolute atomic E-state index is 0.247. The van der Waals surface area contributed by atoms with Crippen molar-refractivity contribution in [2.24, 2.45) is 0 Å². The smallest absolute Gasteiger partial charge is 0.271 e. The van der Waals surface area contributed by atoms with E-state index in [0.29, 0.717) is 24.5 Å². The highest BCUT2D eigenvalue weighted by atomic mass is 32.1. The summed E-state index contributed by atoms with van der Waals surface area (Å²) in [6.07, 6.45) is 0. The fourth-order valence-corrected chi connectivity index (χ4v) is 3.17. The van der Waals surface area contributed by atoms with E-state index in [-0.39, 0.29) is 18.3 Å². The third-order valence-electron chi connectivity index (χ3n) is 3.74.